The second-order valence-electron chi connectivity index (χ2n) is 11.8. The summed E-state index contributed by atoms with van der Waals surface area (Å²) in [5, 5.41) is 6.36. The summed E-state index contributed by atoms with van der Waals surface area (Å²) in [4.78, 5) is 55.4. The molecule has 2 amide bonds. The first-order valence-electron chi connectivity index (χ1n) is 14.9. The molecule has 14 heteroatoms. The third-order valence-electron chi connectivity index (χ3n) is 8.01. The number of dihydropyridines is 1. The van der Waals surface area contributed by atoms with Crippen LogP contribution in [0.1, 0.15) is 44.6 Å². The molecule has 1 fully saturated rings. The number of esters is 2. The molecule has 252 valence electrons. The molecular formula is C33H38Cl2N4O7S. The highest BCUT2D eigenvalue weighted by molar-refractivity contribution is 7.85. The van der Waals surface area contributed by atoms with E-state index in [2.05, 4.69) is 10.6 Å². The van der Waals surface area contributed by atoms with Crippen LogP contribution in [0.5, 0.6) is 0 Å². The lowest BCUT2D eigenvalue weighted by molar-refractivity contribution is -0.137. The van der Waals surface area contributed by atoms with Crippen molar-refractivity contribution in [1.29, 1.82) is 0 Å². The van der Waals surface area contributed by atoms with Crippen LogP contribution in [0.2, 0.25) is 10.0 Å². The highest BCUT2D eigenvalue weighted by Gasteiger charge is 2.42. The number of rotatable bonds is 10. The Hall–Kier alpha value is -3.71. The molecule has 11 nitrogen and oxygen atoms in total. The van der Waals surface area contributed by atoms with Gasteiger partial charge in [-0.1, -0.05) is 47.5 Å². The van der Waals surface area contributed by atoms with E-state index in [-0.39, 0.29) is 68.2 Å². The van der Waals surface area contributed by atoms with Crippen molar-refractivity contribution in [3.63, 3.8) is 0 Å². The van der Waals surface area contributed by atoms with E-state index in [0.29, 0.717) is 30.8 Å². The van der Waals surface area contributed by atoms with E-state index in [1.165, 1.54) is 14.2 Å². The van der Waals surface area contributed by atoms with E-state index in [1.807, 2.05) is 0 Å². The van der Waals surface area contributed by atoms with Crippen molar-refractivity contribution in [2.24, 2.45) is 5.73 Å². The standard InChI is InChI=1S/C33H38Cl2N4O7S/c1-33(2,36)32(43)37-19-13-15-39(16-14-19)25(40)17-23-27(30(41)45-3)29(26-21(34)11-8-12-22(26)35)28(31(42)46-4)24(38-23)18-47(44)20-9-6-5-7-10-20/h5-12,19,29,38H,13-18,36H2,1-4H3,(H,37,43)/t29-,47-/m0/s1. The Labute approximate surface area is 286 Å². The van der Waals surface area contributed by atoms with Crippen LogP contribution in [-0.4, -0.2) is 77.5 Å². The highest BCUT2D eigenvalue weighted by atomic mass is 35.5. The van der Waals surface area contributed by atoms with Gasteiger partial charge in [0.2, 0.25) is 11.8 Å². The van der Waals surface area contributed by atoms with Crippen LogP contribution in [0.15, 0.2) is 76.0 Å². The lowest BCUT2D eigenvalue weighted by Crippen LogP contribution is -2.54. The molecule has 2 atom stereocenters. The van der Waals surface area contributed by atoms with Gasteiger partial charge in [-0.2, -0.15) is 0 Å². The van der Waals surface area contributed by atoms with Crippen LogP contribution in [0, 0.1) is 0 Å². The summed E-state index contributed by atoms with van der Waals surface area (Å²) in [6, 6.07) is 13.3. The van der Waals surface area contributed by atoms with Gasteiger partial charge in [0.25, 0.3) is 0 Å². The maximum atomic E-state index is 13.8. The summed E-state index contributed by atoms with van der Waals surface area (Å²) in [6.45, 7) is 3.95. The number of piperidine rings is 1. The van der Waals surface area contributed by atoms with Gasteiger partial charge in [0.15, 0.2) is 0 Å². The van der Waals surface area contributed by atoms with Crippen molar-refractivity contribution in [1.82, 2.24) is 15.5 Å². The Morgan fingerprint density at radius 2 is 1.49 bits per heavy atom. The van der Waals surface area contributed by atoms with E-state index in [0.717, 1.165) is 0 Å². The SMILES string of the molecule is COC(=O)C1=C(CC(=O)N2CCC(NC(=O)C(C)(C)N)CC2)NC(C[S@](=O)c2ccccc2)=C(C(=O)OC)[C@H]1c1c(Cl)cccc1Cl. The zero-order valence-corrected chi connectivity index (χ0v) is 28.9. The van der Waals surface area contributed by atoms with Gasteiger partial charge < -0.3 is 30.7 Å². The van der Waals surface area contributed by atoms with Gasteiger partial charge in [0, 0.05) is 51.0 Å². The number of nitrogens with one attached hydrogen (secondary N) is 2. The van der Waals surface area contributed by atoms with Crippen LogP contribution in [-0.2, 0) is 39.5 Å². The molecule has 0 unspecified atom stereocenters. The number of ether oxygens (including phenoxy) is 2. The minimum Gasteiger partial charge on any atom is -0.466 e. The Kier molecular flexibility index (Phi) is 11.9. The van der Waals surface area contributed by atoms with Crippen LogP contribution in [0.4, 0.5) is 0 Å². The number of halogens is 2. The minimum atomic E-state index is -1.65. The predicted molar refractivity (Wildman–Crippen MR) is 179 cm³/mol. The summed E-state index contributed by atoms with van der Waals surface area (Å²) in [5.41, 5.74) is 5.34. The molecule has 0 radical (unpaired) electrons. The summed E-state index contributed by atoms with van der Waals surface area (Å²) in [6.07, 6.45) is 0.733. The maximum Gasteiger partial charge on any atom is 0.336 e. The van der Waals surface area contributed by atoms with Gasteiger partial charge >= 0.3 is 11.9 Å². The average Bonchev–Trinajstić information content (AvgIpc) is 3.04. The lowest BCUT2D eigenvalue weighted by atomic mass is 9.79. The number of hydrogen-bond acceptors (Lipinski definition) is 9. The molecule has 2 aliphatic rings. The predicted octanol–water partition coefficient (Wildman–Crippen LogP) is 3.58. The minimum absolute atomic E-state index is 0.0391. The molecule has 2 aromatic rings. The van der Waals surface area contributed by atoms with Gasteiger partial charge in [-0.25, -0.2) is 9.59 Å². The van der Waals surface area contributed by atoms with Gasteiger partial charge in [0.05, 0.1) is 59.8 Å². The van der Waals surface area contributed by atoms with Crippen molar-refractivity contribution in [3.05, 3.63) is 86.7 Å². The second kappa shape index (κ2) is 15.5. The molecular weight excluding hydrogens is 667 g/mol. The van der Waals surface area contributed by atoms with Crippen molar-refractivity contribution in [3.8, 4) is 0 Å². The van der Waals surface area contributed by atoms with Crippen molar-refractivity contribution >= 4 is 57.8 Å². The Balaban J connectivity index is 1.76. The fourth-order valence-corrected chi connectivity index (χ4v) is 7.27. The first kappa shape index (κ1) is 36.1. The van der Waals surface area contributed by atoms with Crippen LogP contribution >= 0.6 is 23.2 Å². The molecule has 0 aromatic heterocycles. The summed E-state index contributed by atoms with van der Waals surface area (Å²) >= 11 is 13.3. The zero-order chi connectivity index (χ0) is 34.5. The average molecular weight is 706 g/mol. The van der Waals surface area contributed by atoms with Gasteiger partial charge in [-0.3, -0.25) is 13.8 Å². The summed E-state index contributed by atoms with van der Waals surface area (Å²) < 4.78 is 23.9. The van der Waals surface area contributed by atoms with Crippen LogP contribution in [0.3, 0.4) is 0 Å². The Morgan fingerprint density at radius 3 is 2.02 bits per heavy atom. The number of nitrogens with zero attached hydrogens (tertiary/aromatic N) is 1. The lowest BCUT2D eigenvalue weighted by Gasteiger charge is -2.35. The van der Waals surface area contributed by atoms with Gasteiger partial charge in [-0.05, 0) is 51.0 Å². The number of likely N-dealkylation sites (tertiary alicyclic amines) is 1. The topological polar surface area (TPSA) is 157 Å². The number of carbonyl (C=O) groups excluding carboxylic acids is 4. The van der Waals surface area contributed by atoms with Crippen molar-refractivity contribution in [2.45, 2.75) is 55.5 Å². The summed E-state index contributed by atoms with van der Waals surface area (Å²) in [5.74, 6) is -3.62. The number of amides is 2. The molecule has 2 aliphatic heterocycles. The monoisotopic (exact) mass is 704 g/mol. The molecule has 0 bridgehead atoms. The quantitative estimate of drug-likeness (QED) is 0.315. The first-order chi connectivity index (χ1) is 22.3. The number of benzene rings is 2. The van der Waals surface area contributed by atoms with E-state index in [4.69, 9.17) is 38.4 Å². The summed E-state index contributed by atoms with van der Waals surface area (Å²) in [7, 11) is 0.727. The number of methoxy groups -OCH3 is 2. The Bertz CT molecular complexity index is 1610. The molecule has 2 aromatic carbocycles. The number of nitrogens with two attached hydrogens (primary N) is 1. The maximum absolute atomic E-state index is 13.8. The molecule has 0 aliphatic carbocycles. The first-order valence-corrected chi connectivity index (χ1v) is 17.0. The third kappa shape index (κ3) is 8.42. The zero-order valence-electron chi connectivity index (χ0n) is 26.6. The molecule has 2 heterocycles. The number of carbonyl (C=O) groups is 4. The third-order valence-corrected chi connectivity index (χ3v) is 10.0. The van der Waals surface area contributed by atoms with Crippen molar-refractivity contribution < 1.29 is 32.9 Å². The molecule has 1 saturated heterocycles. The van der Waals surface area contributed by atoms with E-state index >= 15 is 0 Å². The second-order valence-corrected chi connectivity index (χ2v) is 14.1. The Morgan fingerprint density at radius 1 is 0.936 bits per heavy atom. The van der Waals surface area contributed by atoms with E-state index < -0.39 is 34.2 Å². The molecule has 47 heavy (non-hydrogen) atoms. The normalized spacial score (nSPS) is 17.9. The highest BCUT2D eigenvalue weighted by Crippen LogP contribution is 2.45. The molecule has 4 rings (SSSR count). The van der Waals surface area contributed by atoms with E-state index in [9.17, 15) is 23.4 Å². The molecule has 0 saturated carbocycles. The van der Waals surface area contributed by atoms with Crippen molar-refractivity contribution in [2.75, 3.05) is 33.1 Å². The largest absolute Gasteiger partial charge is 0.466 e. The fraction of sp³-hybridized carbons (Fsp3) is 0.394. The molecule has 0 spiro atoms. The number of hydrogen-bond donors (Lipinski definition) is 3. The van der Waals surface area contributed by atoms with Gasteiger partial charge in [0.1, 0.15) is 0 Å². The van der Waals surface area contributed by atoms with Crippen LogP contribution < -0.4 is 16.4 Å². The smallest absolute Gasteiger partial charge is 0.336 e. The van der Waals surface area contributed by atoms with E-state index in [1.54, 1.807) is 67.3 Å². The molecule has 4 N–H and O–H groups in total. The fourth-order valence-electron chi connectivity index (χ4n) is 5.53. The van der Waals surface area contributed by atoms with Gasteiger partial charge in [-0.15, -0.1) is 0 Å². The van der Waals surface area contributed by atoms with Crippen LogP contribution in [0.25, 0.3) is 0 Å².